The number of hydrogen-bond acceptors (Lipinski definition) is 15. The molecule has 1 N–H and O–H groups in total. The second kappa shape index (κ2) is 38.6. The molecule has 4 aliphatic rings. The minimum Gasteiger partial charge on any atom is -0.476 e. The van der Waals surface area contributed by atoms with E-state index in [-0.39, 0.29) is 118 Å². The number of ketones is 1. The Morgan fingerprint density at radius 1 is 0.561 bits per heavy atom. The lowest BCUT2D eigenvalue weighted by molar-refractivity contribution is -0.387. The Morgan fingerprint density at radius 2 is 0.925 bits per heavy atom. The molecule has 0 bridgehead atoms. The van der Waals surface area contributed by atoms with E-state index < -0.39 is 79.0 Å². The lowest BCUT2D eigenvalue weighted by Crippen LogP contribution is -2.46. The van der Waals surface area contributed by atoms with Crippen LogP contribution in [0.15, 0.2) is 109 Å². The maximum Gasteiger partial charge on any atom is 0.373 e. The van der Waals surface area contributed by atoms with E-state index in [0.29, 0.717) is 29.4 Å². The van der Waals surface area contributed by atoms with Crippen molar-refractivity contribution in [2.45, 2.75) is 238 Å². The van der Waals surface area contributed by atoms with Gasteiger partial charge in [0.1, 0.15) is 46.3 Å². The summed E-state index contributed by atoms with van der Waals surface area (Å²) < 4.78 is 111. The average Bonchev–Trinajstić information content (AvgIpc) is 0.759. The molecular weight excluding hydrogens is 1400 g/mol. The molecule has 6 aromatic carbocycles. The van der Waals surface area contributed by atoms with Crippen LogP contribution in [-0.4, -0.2) is 108 Å². The number of carbonyl (C=O) groups is 5. The van der Waals surface area contributed by atoms with Crippen LogP contribution in [0.2, 0.25) is 0 Å². The molecule has 1 heterocycles. The number of esters is 1. The lowest BCUT2D eigenvalue weighted by atomic mass is 9.84. The Morgan fingerprint density at radius 3 is 1.31 bits per heavy atom. The molecule has 0 radical (unpaired) electrons. The third-order valence-corrected chi connectivity index (χ3v) is 19.6. The van der Waals surface area contributed by atoms with Gasteiger partial charge < -0.3 is 34.0 Å². The predicted octanol–water partition coefficient (Wildman–Crippen LogP) is 17.4. The molecule has 27 heteroatoms. The van der Waals surface area contributed by atoms with Crippen LogP contribution in [0.4, 0.5) is 42.1 Å². The van der Waals surface area contributed by atoms with Crippen LogP contribution in [0.3, 0.4) is 0 Å². The number of rotatable bonds is 19. The van der Waals surface area contributed by atoms with E-state index in [1.165, 1.54) is 44.0 Å². The molecular formula is C80H94F7N5O15. The number of nitro groups is 2. The summed E-state index contributed by atoms with van der Waals surface area (Å²) in [6.45, 7) is 19.5. The normalized spacial score (nSPS) is 17.0. The average molecular weight is 1500 g/mol. The highest BCUT2D eigenvalue weighted by Crippen LogP contribution is 2.41. The second-order valence-electron chi connectivity index (χ2n) is 28.3. The molecule has 0 saturated heterocycles. The van der Waals surface area contributed by atoms with Gasteiger partial charge in [0.25, 0.3) is 17.7 Å². The van der Waals surface area contributed by atoms with Gasteiger partial charge in [-0.15, -0.1) is 0 Å². The topological polar surface area (TPSA) is 263 Å². The summed E-state index contributed by atoms with van der Waals surface area (Å²) in [7, 11) is 0. The third-order valence-electron chi connectivity index (χ3n) is 19.6. The van der Waals surface area contributed by atoms with E-state index in [1.54, 1.807) is 43.9 Å². The van der Waals surface area contributed by atoms with Crippen LogP contribution in [0.1, 0.15) is 232 Å². The summed E-state index contributed by atoms with van der Waals surface area (Å²) in [4.78, 5) is 107. The van der Waals surface area contributed by atoms with E-state index in [4.69, 9.17) is 19.1 Å². The van der Waals surface area contributed by atoms with Crippen molar-refractivity contribution in [1.82, 2.24) is 14.7 Å². The molecule has 6 aromatic rings. The monoisotopic (exact) mass is 1500 g/mol. The van der Waals surface area contributed by atoms with Crippen LogP contribution in [-0.2, 0) is 47.1 Å². The molecule has 3 amide bonds. The van der Waals surface area contributed by atoms with E-state index in [1.807, 2.05) is 51.3 Å². The van der Waals surface area contributed by atoms with Crippen molar-refractivity contribution in [2.24, 2.45) is 0 Å². The van der Waals surface area contributed by atoms with Gasteiger partial charge in [0.15, 0.2) is 22.7 Å². The van der Waals surface area contributed by atoms with Crippen molar-refractivity contribution >= 4 is 47.0 Å². The van der Waals surface area contributed by atoms with Gasteiger partial charge >= 0.3 is 23.5 Å². The molecule has 3 atom stereocenters. The number of fused-ring (bicyclic) bond motifs is 1. The minimum absolute atomic E-state index is 0.000269. The first-order valence-corrected chi connectivity index (χ1v) is 36.0. The zero-order valence-electron chi connectivity index (χ0n) is 62.1. The summed E-state index contributed by atoms with van der Waals surface area (Å²) in [5.74, 6) is -7.11. The van der Waals surface area contributed by atoms with Crippen molar-refractivity contribution in [2.75, 3.05) is 6.61 Å². The molecule has 0 spiro atoms. The van der Waals surface area contributed by atoms with Crippen LogP contribution in [0.5, 0.6) is 11.5 Å². The van der Waals surface area contributed by atoms with E-state index >= 15 is 0 Å². The maximum absolute atomic E-state index is 13.8. The zero-order chi connectivity index (χ0) is 79.4. The first kappa shape index (κ1) is 86.0. The van der Waals surface area contributed by atoms with Crippen molar-refractivity contribution in [1.29, 1.82) is 0 Å². The van der Waals surface area contributed by atoms with E-state index in [0.717, 1.165) is 151 Å². The number of benzene rings is 6. The van der Waals surface area contributed by atoms with Gasteiger partial charge in [0.05, 0.1) is 16.5 Å². The first-order chi connectivity index (χ1) is 50.4. The highest BCUT2D eigenvalue weighted by Gasteiger charge is 2.43. The Hall–Kier alpha value is -9.88. The first-order valence-electron chi connectivity index (χ1n) is 36.0. The van der Waals surface area contributed by atoms with Crippen LogP contribution in [0.25, 0.3) is 0 Å². The number of nitrogens with zero attached hydrogens (tertiary/aromatic N) is 5. The summed E-state index contributed by atoms with van der Waals surface area (Å²) >= 11 is 0. The zero-order valence-corrected chi connectivity index (χ0v) is 62.1. The quantitative estimate of drug-likeness (QED) is 0.0342. The maximum atomic E-state index is 13.8. The van der Waals surface area contributed by atoms with Gasteiger partial charge in [0.2, 0.25) is 5.82 Å². The van der Waals surface area contributed by atoms with Gasteiger partial charge in [-0.1, -0.05) is 64.7 Å². The lowest BCUT2D eigenvalue weighted by Gasteiger charge is -2.38. The predicted molar refractivity (Wildman–Crippen MR) is 382 cm³/mol. The number of hydrogen-bond donors (Lipinski definition) is 1. The number of aliphatic hydroxyl groups is 1. The molecule has 3 fully saturated rings. The largest absolute Gasteiger partial charge is 0.476 e. The van der Waals surface area contributed by atoms with Gasteiger partial charge in [-0.3, -0.25) is 39.4 Å². The Balaban J connectivity index is 0.000000228. The molecule has 0 aromatic heterocycles. The van der Waals surface area contributed by atoms with Gasteiger partial charge in [-0.05, 0) is 193 Å². The third kappa shape index (κ3) is 22.4. The van der Waals surface area contributed by atoms with Crippen molar-refractivity contribution in [3.8, 4) is 11.5 Å². The number of Topliss-reactive ketones (excluding diaryl/α,β-unsaturated/α-hetero) is 1. The van der Waals surface area contributed by atoms with Crippen LogP contribution < -0.4 is 9.47 Å². The van der Waals surface area contributed by atoms with Gasteiger partial charge in [-0.2, -0.15) is 14.0 Å². The Labute approximate surface area is 618 Å². The fourth-order valence-corrected chi connectivity index (χ4v) is 13.9. The van der Waals surface area contributed by atoms with E-state index in [2.05, 4.69) is 4.74 Å². The standard InChI is InChI=1S/C26H32F2N2O4.C26H29F2NO3.C16H21FN2O3.C11H12F2O3.CO2/c1-5-26(4,19-14-20(27)16-21(28)15-19)34-24-12-11-18(13-23(24)30(32)33)25(31)29(17(2)3)22-9-7-6-8-10-22;1-16(2)29(22-7-5-4-6-8-22)25(31)17-9-10-23-18(11-17)12-24(30)26(3,32-23)19-13-20(27)15-21(28)14-19;1-11(2)18(13-6-4-3-5-7-13)16(20)12-8-9-14(17)15(10-12)19(21)22;1-3-16-10(14)11(2,15)7-4-8(12)6-9(13)5-7;2-1-3/h11-17,22H,5-10H2,1-4H3;9-11,13-16,22H,4-8,12H2,1-3H3;8-11,13H,3-7H2,1-2H3;4-6,15H,3H2,1-2H3;. The molecule has 3 unspecified atom stereocenters. The van der Waals surface area contributed by atoms with Crippen molar-refractivity contribution in [3.05, 3.63) is 209 Å². The van der Waals surface area contributed by atoms with Crippen LogP contribution >= 0.6 is 0 Å². The fraction of sp³-hybridized carbons (Fsp3) is 0.475. The fourth-order valence-electron chi connectivity index (χ4n) is 13.9. The summed E-state index contributed by atoms with van der Waals surface area (Å²) in [5.41, 5.74) is -4.07. The summed E-state index contributed by atoms with van der Waals surface area (Å²) in [5, 5.41) is 32.6. The number of ether oxygens (including phenoxy) is 3. The molecule has 3 aliphatic carbocycles. The Kier molecular flexibility index (Phi) is 31.0. The summed E-state index contributed by atoms with van der Waals surface area (Å²) in [6, 6.07) is 21.7. The molecule has 578 valence electrons. The number of carbonyl (C=O) groups excluding carboxylic acids is 7. The molecule has 3 saturated carbocycles. The number of amides is 3. The smallest absolute Gasteiger partial charge is 0.373 e. The van der Waals surface area contributed by atoms with Gasteiger partial charge in [-0.25, -0.2) is 31.1 Å². The molecule has 20 nitrogen and oxygen atoms in total. The van der Waals surface area contributed by atoms with Crippen molar-refractivity contribution < 1.29 is 93.5 Å². The Bertz CT molecular complexity index is 4110. The van der Waals surface area contributed by atoms with Crippen molar-refractivity contribution in [3.63, 3.8) is 0 Å². The summed E-state index contributed by atoms with van der Waals surface area (Å²) in [6.07, 6.45) is 16.5. The van der Waals surface area contributed by atoms with Gasteiger partial charge in [0, 0.05) is 112 Å². The molecule has 1 aliphatic heterocycles. The minimum atomic E-state index is -2.06. The van der Waals surface area contributed by atoms with E-state index in [9.17, 15) is 80.0 Å². The molecule has 107 heavy (non-hydrogen) atoms. The highest BCUT2D eigenvalue weighted by molar-refractivity contribution is 5.98. The number of nitro benzene ring substituents is 2. The SMILES string of the molecule is CC(C)N(C(=O)c1ccc(F)c([N+](=O)[O-])c1)C1CCCCC1.CC(C)N(C(=O)c1ccc2c(c1)CC(=O)C(C)(c1cc(F)cc(F)c1)O2)C1CCCCC1.CCC(C)(Oc1ccc(C(=O)N(C(C)C)C2CCCCC2)cc1[N+](=O)[O-])c1cc(F)cc(F)c1.CCOC(=O)C(C)(O)c1cc(F)cc(F)c1.O=C=O. The molecule has 10 rings (SSSR count). The highest BCUT2D eigenvalue weighted by atomic mass is 19.2. The second-order valence-corrected chi connectivity index (χ2v) is 28.3. The number of halogens is 7. The van der Waals surface area contributed by atoms with Crippen LogP contribution in [0, 0.1) is 60.9 Å².